The van der Waals surface area contributed by atoms with Gasteiger partial charge in [-0.05, 0) is 63.3 Å². The monoisotopic (exact) mass is 806 g/mol. The van der Waals surface area contributed by atoms with Gasteiger partial charge in [0.05, 0.1) is 24.5 Å². The summed E-state index contributed by atoms with van der Waals surface area (Å²) >= 11 is 0. The van der Waals surface area contributed by atoms with E-state index in [1.54, 1.807) is 18.7 Å². The molecule has 6 aromatic heterocycles. The topological polar surface area (TPSA) is 145 Å². The van der Waals surface area contributed by atoms with E-state index in [0.717, 1.165) is 93.1 Å². The summed E-state index contributed by atoms with van der Waals surface area (Å²) in [5.74, 6) is 5.65. The lowest BCUT2D eigenvalue weighted by molar-refractivity contribution is 0.460. The number of hydrogen-bond acceptors (Lipinski definition) is 12. The second-order valence-corrected chi connectivity index (χ2v) is 15.9. The summed E-state index contributed by atoms with van der Waals surface area (Å²) < 4.78 is 4.23. The van der Waals surface area contributed by atoms with Crippen molar-refractivity contribution in [1.82, 2.24) is 59.4 Å². The molecule has 304 valence electrons. The van der Waals surface area contributed by atoms with Gasteiger partial charge in [0.15, 0.2) is 34.9 Å². The number of aromatic nitrogens is 12. The average molecular weight is 807 g/mol. The fraction of sp³-hybridized carbons (Fsp3) is 0.277. The Bertz CT molecular complexity index is 2830. The van der Waals surface area contributed by atoms with Crippen molar-refractivity contribution in [3.8, 4) is 56.4 Å². The first kappa shape index (κ1) is 38.0. The van der Waals surface area contributed by atoms with Gasteiger partial charge in [0.2, 0.25) is 0 Å². The van der Waals surface area contributed by atoms with Crippen molar-refractivity contribution in [3.05, 3.63) is 134 Å². The second-order valence-electron chi connectivity index (χ2n) is 15.9. The Labute approximate surface area is 354 Å². The Balaban J connectivity index is 1.01. The van der Waals surface area contributed by atoms with E-state index in [9.17, 15) is 0 Å². The van der Waals surface area contributed by atoms with Crippen LogP contribution in [0, 0.1) is 0 Å². The molecule has 0 fully saturated rings. The standard InChI is InChI=1S/C47H46N14/c1-6-37-46-56-52-28-58(46)39-26-50-42(33-20-22-48-24-35(33)31-14-10-8-11-15-31)53-44(39)60(37)30(5)18-19-41-55-57-47-38(7-2)59(29(3)4)45-40(61(41)47)27-51-43(54-45)34-21-23-49-25-36(34)32-16-12-9-13-17-32/h8-17,20-30,37-38H,6-7,18-19H2,1-5H3. The van der Waals surface area contributed by atoms with Crippen LogP contribution < -0.4 is 9.80 Å². The van der Waals surface area contributed by atoms with Crippen molar-refractivity contribution in [2.45, 2.75) is 84.5 Å². The zero-order chi connectivity index (χ0) is 41.6. The molecular weight excluding hydrogens is 761 g/mol. The highest BCUT2D eigenvalue weighted by Gasteiger charge is 2.39. The van der Waals surface area contributed by atoms with E-state index in [2.05, 4.69) is 93.4 Å². The Kier molecular flexibility index (Phi) is 9.82. The summed E-state index contributed by atoms with van der Waals surface area (Å²) in [5, 5.41) is 18.7. The van der Waals surface area contributed by atoms with Gasteiger partial charge < -0.3 is 9.80 Å². The minimum atomic E-state index is -0.0586. The molecule has 2 aromatic carbocycles. The molecule has 0 radical (unpaired) electrons. The first-order valence-corrected chi connectivity index (χ1v) is 21.1. The molecule has 61 heavy (non-hydrogen) atoms. The highest BCUT2D eigenvalue weighted by Crippen LogP contribution is 2.44. The number of fused-ring (bicyclic) bond motifs is 6. The molecule has 0 spiro atoms. The normalized spacial score (nSPS) is 15.9. The predicted molar refractivity (Wildman–Crippen MR) is 235 cm³/mol. The molecule has 3 atom stereocenters. The SMILES string of the molecule is CCC1c2nnc(CCC(C)N3c4nc(-c5ccncc5-c5ccccc5)ncc4-n4cnnc4C3CC)n2-c2cnc(-c3ccncc3-c3ccccc3)nc2N1C(C)C. The Morgan fingerprint density at radius 3 is 1.75 bits per heavy atom. The van der Waals surface area contributed by atoms with Crippen molar-refractivity contribution in [3.63, 3.8) is 0 Å². The van der Waals surface area contributed by atoms with E-state index < -0.39 is 0 Å². The summed E-state index contributed by atoms with van der Waals surface area (Å²) in [6, 6.07) is 24.6. The van der Waals surface area contributed by atoms with Gasteiger partial charge in [-0.25, -0.2) is 19.9 Å². The van der Waals surface area contributed by atoms with Gasteiger partial charge in [-0.1, -0.05) is 74.5 Å². The average Bonchev–Trinajstić information content (AvgIpc) is 3.98. The molecule has 14 heteroatoms. The van der Waals surface area contributed by atoms with Crippen LogP contribution >= 0.6 is 0 Å². The van der Waals surface area contributed by atoms with Crippen molar-refractivity contribution >= 4 is 11.6 Å². The number of hydrogen-bond donors (Lipinski definition) is 0. The minimum absolute atomic E-state index is 0.0196. The highest BCUT2D eigenvalue weighted by atomic mass is 15.4. The van der Waals surface area contributed by atoms with Gasteiger partial charge in [-0.3, -0.25) is 19.1 Å². The third-order valence-corrected chi connectivity index (χ3v) is 12.0. The van der Waals surface area contributed by atoms with Crippen LogP contribution in [0.3, 0.4) is 0 Å². The highest BCUT2D eigenvalue weighted by molar-refractivity contribution is 5.82. The molecule has 0 amide bonds. The van der Waals surface area contributed by atoms with Crippen LogP contribution in [0.15, 0.2) is 116 Å². The molecule has 0 saturated carbocycles. The van der Waals surface area contributed by atoms with Crippen LogP contribution in [0.5, 0.6) is 0 Å². The molecule has 10 rings (SSSR count). The largest absolute Gasteiger partial charge is 0.342 e. The molecule has 0 aliphatic carbocycles. The zero-order valence-corrected chi connectivity index (χ0v) is 34.9. The van der Waals surface area contributed by atoms with E-state index in [4.69, 9.17) is 30.1 Å². The van der Waals surface area contributed by atoms with E-state index in [0.29, 0.717) is 18.1 Å². The molecule has 2 aliphatic heterocycles. The predicted octanol–water partition coefficient (Wildman–Crippen LogP) is 8.86. The quantitative estimate of drug-likeness (QED) is 0.123. The lowest BCUT2D eigenvalue weighted by atomic mass is 10.0. The molecule has 0 saturated heterocycles. The van der Waals surface area contributed by atoms with E-state index in [1.807, 2.05) is 77.9 Å². The van der Waals surface area contributed by atoms with Crippen molar-refractivity contribution in [2.75, 3.05) is 9.80 Å². The molecule has 0 N–H and O–H groups in total. The molecule has 3 unspecified atom stereocenters. The molecule has 14 nitrogen and oxygen atoms in total. The summed E-state index contributed by atoms with van der Waals surface area (Å²) in [7, 11) is 0. The van der Waals surface area contributed by atoms with Crippen molar-refractivity contribution < 1.29 is 0 Å². The molecular formula is C47H46N14. The summed E-state index contributed by atoms with van der Waals surface area (Å²) in [6.07, 6.45) is 16.0. The number of pyridine rings is 2. The Morgan fingerprint density at radius 2 is 1.16 bits per heavy atom. The summed E-state index contributed by atoms with van der Waals surface area (Å²) in [6.45, 7) is 11.1. The van der Waals surface area contributed by atoms with Crippen LogP contribution in [0.4, 0.5) is 11.6 Å². The van der Waals surface area contributed by atoms with E-state index in [-0.39, 0.29) is 24.2 Å². The second kappa shape index (κ2) is 15.8. The molecule has 8 heterocycles. The van der Waals surface area contributed by atoms with Crippen molar-refractivity contribution in [2.24, 2.45) is 0 Å². The molecule has 0 bridgehead atoms. The maximum absolute atomic E-state index is 5.35. The lowest BCUT2D eigenvalue weighted by Gasteiger charge is -2.41. The maximum Gasteiger partial charge on any atom is 0.162 e. The third-order valence-electron chi connectivity index (χ3n) is 12.0. The first-order chi connectivity index (χ1) is 29.9. The van der Waals surface area contributed by atoms with Crippen LogP contribution in [0.1, 0.15) is 83.4 Å². The summed E-state index contributed by atoms with van der Waals surface area (Å²) in [4.78, 5) is 34.3. The van der Waals surface area contributed by atoms with Crippen LogP contribution in [-0.2, 0) is 6.42 Å². The fourth-order valence-corrected chi connectivity index (χ4v) is 9.10. The van der Waals surface area contributed by atoms with Crippen molar-refractivity contribution in [1.29, 1.82) is 0 Å². The van der Waals surface area contributed by atoms with Gasteiger partial charge in [-0.2, -0.15) is 0 Å². The number of anilines is 2. The van der Waals surface area contributed by atoms with E-state index >= 15 is 0 Å². The first-order valence-electron chi connectivity index (χ1n) is 21.1. The zero-order valence-electron chi connectivity index (χ0n) is 34.9. The Morgan fingerprint density at radius 1 is 0.590 bits per heavy atom. The van der Waals surface area contributed by atoms with Gasteiger partial charge in [-0.15, -0.1) is 20.4 Å². The number of aryl methyl sites for hydroxylation is 1. The molecule has 8 aromatic rings. The smallest absolute Gasteiger partial charge is 0.162 e. The summed E-state index contributed by atoms with van der Waals surface area (Å²) in [5.41, 5.74) is 7.66. The fourth-order valence-electron chi connectivity index (χ4n) is 9.10. The Hall–Kier alpha value is -7.22. The van der Waals surface area contributed by atoms with Gasteiger partial charge >= 0.3 is 0 Å². The lowest BCUT2D eigenvalue weighted by Crippen LogP contribution is -2.42. The number of nitrogens with zero attached hydrogens (tertiary/aromatic N) is 14. The van der Waals surface area contributed by atoms with Gasteiger partial charge in [0.1, 0.15) is 23.5 Å². The van der Waals surface area contributed by atoms with Gasteiger partial charge in [0, 0.05) is 65.5 Å². The van der Waals surface area contributed by atoms with Crippen LogP contribution in [0.25, 0.3) is 56.4 Å². The third kappa shape index (κ3) is 6.49. The van der Waals surface area contributed by atoms with Crippen LogP contribution in [-0.4, -0.2) is 71.5 Å². The van der Waals surface area contributed by atoms with Gasteiger partial charge in [0.25, 0.3) is 0 Å². The van der Waals surface area contributed by atoms with Crippen LogP contribution in [0.2, 0.25) is 0 Å². The van der Waals surface area contributed by atoms with E-state index in [1.165, 1.54) is 0 Å². The molecule has 2 aliphatic rings. The maximum atomic E-state index is 5.35. The number of benzene rings is 2. The number of rotatable bonds is 11. The minimum Gasteiger partial charge on any atom is -0.342 e.